The zero-order valence-electron chi connectivity index (χ0n) is 11.6. The van der Waals surface area contributed by atoms with Gasteiger partial charge in [-0.3, -0.25) is 0 Å². The maximum absolute atomic E-state index is 9.13. The maximum atomic E-state index is 9.13. The molecule has 19 heavy (non-hydrogen) atoms. The molecule has 0 aliphatic heterocycles. The molecule has 3 nitrogen and oxygen atoms in total. The summed E-state index contributed by atoms with van der Waals surface area (Å²) in [7, 11) is 0. The quantitative estimate of drug-likeness (QED) is 0.882. The molecule has 2 N–H and O–H groups in total. The van der Waals surface area contributed by atoms with E-state index in [1.54, 1.807) is 11.3 Å². The molecular formula is C15H20N2OS. The van der Waals surface area contributed by atoms with E-state index in [2.05, 4.69) is 30.2 Å². The Labute approximate surface area is 118 Å². The number of nitrogens with one attached hydrogen (secondary N) is 1. The number of aromatic nitrogens is 1. The van der Waals surface area contributed by atoms with Crippen molar-refractivity contribution in [2.24, 2.45) is 0 Å². The van der Waals surface area contributed by atoms with Gasteiger partial charge in [0.2, 0.25) is 0 Å². The number of benzene rings is 1. The van der Waals surface area contributed by atoms with E-state index in [0.29, 0.717) is 0 Å². The summed E-state index contributed by atoms with van der Waals surface area (Å²) >= 11 is 1.74. The van der Waals surface area contributed by atoms with Gasteiger partial charge in [0.1, 0.15) is 0 Å². The predicted octanol–water partition coefficient (Wildman–Crippen LogP) is 3.10. The number of aliphatic hydroxyl groups is 1. The van der Waals surface area contributed by atoms with Crippen LogP contribution in [0.3, 0.4) is 0 Å². The highest BCUT2D eigenvalue weighted by atomic mass is 32.1. The van der Waals surface area contributed by atoms with Gasteiger partial charge in [0.25, 0.3) is 0 Å². The van der Waals surface area contributed by atoms with Crippen LogP contribution in [-0.2, 0) is 13.2 Å². The molecule has 1 atom stereocenters. The number of aryl methyl sites for hydroxylation is 2. The van der Waals surface area contributed by atoms with Crippen LogP contribution < -0.4 is 5.32 Å². The highest BCUT2D eigenvalue weighted by Crippen LogP contribution is 2.22. The van der Waals surface area contributed by atoms with E-state index in [0.717, 1.165) is 22.8 Å². The molecule has 0 bridgehead atoms. The van der Waals surface area contributed by atoms with Crippen molar-refractivity contribution >= 4 is 11.3 Å². The average molecular weight is 276 g/mol. The number of rotatable bonds is 5. The Balaban J connectivity index is 2.00. The maximum Gasteiger partial charge on any atom is 0.0900 e. The van der Waals surface area contributed by atoms with Gasteiger partial charge in [-0.15, -0.1) is 11.3 Å². The summed E-state index contributed by atoms with van der Waals surface area (Å²) < 4.78 is 0. The molecule has 102 valence electrons. The molecule has 2 rings (SSSR count). The Morgan fingerprint density at radius 2 is 2.05 bits per heavy atom. The van der Waals surface area contributed by atoms with Crippen LogP contribution in [-0.4, -0.2) is 10.1 Å². The van der Waals surface area contributed by atoms with Gasteiger partial charge < -0.3 is 10.4 Å². The second kappa shape index (κ2) is 6.28. The molecule has 2 aromatic rings. The molecule has 4 heteroatoms. The largest absolute Gasteiger partial charge is 0.392 e. The normalized spacial score (nSPS) is 12.6. The molecule has 0 saturated heterocycles. The van der Waals surface area contributed by atoms with E-state index in [-0.39, 0.29) is 12.6 Å². The van der Waals surface area contributed by atoms with Crippen molar-refractivity contribution in [3.63, 3.8) is 0 Å². The minimum absolute atomic E-state index is 0.0911. The Bertz CT molecular complexity index is 551. The molecule has 1 heterocycles. The molecule has 0 aliphatic rings. The van der Waals surface area contributed by atoms with E-state index >= 15 is 0 Å². The lowest BCUT2D eigenvalue weighted by molar-refractivity contribution is 0.281. The van der Waals surface area contributed by atoms with Gasteiger partial charge in [-0.2, -0.15) is 0 Å². The van der Waals surface area contributed by atoms with E-state index in [9.17, 15) is 0 Å². The Kier molecular flexibility index (Phi) is 4.69. The van der Waals surface area contributed by atoms with Gasteiger partial charge in [0.05, 0.1) is 17.3 Å². The van der Waals surface area contributed by atoms with E-state index < -0.39 is 0 Å². The Hall–Kier alpha value is -1.23. The molecule has 0 radical (unpaired) electrons. The lowest BCUT2D eigenvalue weighted by Gasteiger charge is -2.13. The lowest BCUT2D eigenvalue weighted by Crippen LogP contribution is -2.19. The summed E-state index contributed by atoms with van der Waals surface area (Å²) in [5.41, 5.74) is 3.27. The fourth-order valence-corrected chi connectivity index (χ4v) is 3.07. The van der Waals surface area contributed by atoms with Crippen LogP contribution in [0.4, 0.5) is 0 Å². The predicted molar refractivity (Wildman–Crippen MR) is 79.2 cm³/mol. The topological polar surface area (TPSA) is 45.2 Å². The van der Waals surface area contributed by atoms with Crippen LogP contribution in [0, 0.1) is 13.8 Å². The molecule has 0 aliphatic carbocycles. The molecule has 1 aromatic carbocycles. The zero-order chi connectivity index (χ0) is 13.8. The first-order valence-electron chi connectivity index (χ1n) is 6.46. The molecule has 0 spiro atoms. The van der Waals surface area contributed by atoms with Crippen molar-refractivity contribution in [2.75, 3.05) is 0 Å². The minimum atomic E-state index is 0.0911. The highest BCUT2D eigenvalue weighted by Gasteiger charge is 2.12. The van der Waals surface area contributed by atoms with Gasteiger partial charge >= 0.3 is 0 Å². The van der Waals surface area contributed by atoms with Crippen molar-refractivity contribution in [3.05, 3.63) is 51.0 Å². The summed E-state index contributed by atoms with van der Waals surface area (Å²) in [5, 5.41) is 13.7. The van der Waals surface area contributed by atoms with Crippen LogP contribution in [0.1, 0.15) is 39.7 Å². The third-order valence-electron chi connectivity index (χ3n) is 3.14. The Morgan fingerprint density at radius 3 is 2.68 bits per heavy atom. The third-order valence-corrected chi connectivity index (χ3v) is 4.04. The summed E-state index contributed by atoms with van der Waals surface area (Å²) in [6, 6.07) is 8.24. The zero-order valence-corrected chi connectivity index (χ0v) is 12.4. The number of thiazole rings is 1. The van der Waals surface area contributed by atoms with Crippen molar-refractivity contribution < 1.29 is 5.11 Å². The van der Waals surface area contributed by atoms with Gasteiger partial charge in [0.15, 0.2) is 0 Å². The van der Waals surface area contributed by atoms with Crippen LogP contribution in [0.25, 0.3) is 0 Å². The second-order valence-corrected chi connectivity index (χ2v) is 6.16. The fourth-order valence-electron chi connectivity index (χ4n) is 2.15. The molecule has 1 unspecified atom stereocenters. The first-order chi connectivity index (χ1) is 9.10. The van der Waals surface area contributed by atoms with Crippen molar-refractivity contribution in [3.8, 4) is 0 Å². The van der Waals surface area contributed by atoms with Crippen LogP contribution >= 0.6 is 11.3 Å². The van der Waals surface area contributed by atoms with Crippen molar-refractivity contribution in [1.82, 2.24) is 10.3 Å². The van der Waals surface area contributed by atoms with Crippen molar-refractivity contribution in [2.45, 2.75) is 40.0 Å². The van der Waals surface area contributed by atoms with Crippen LogP contribution in [0.15, 0.2) is 24.3 Å². The monoisotopic (exact) mass is 276 g/mol. The highest BCUT2D eigenvalue weighted by molar-refractivity contribution is 7.11. The Morgan fingerprint density at radius 1 is 1.32 bits per heavy atom. The minimum Gasteiger partial charge on any atom is -0.392 e. The first-order valence-corrected chi connectivity index (χ1v) is 7.27. The van der Waals surface area contributed by atoms with E-state index in [1.165, 1.54) is 10.4 Å². The molecule has 1 aromatic heterocycles. The van der Waals surface area contributed by atoms with E-state index in [1.807, 2.05) is 25.1 Å². The molecular weight excluding hydrogens is 256 g/mol. The summed E-state index contributed by atoms with van der Waals surface area (Å²) in [6.07, 6.45) is 0. The van der Waals surface area contributed by atoms with Gasteiger partial charge in [0, 0.05) is 17.5 Å². The SMILES string of the molecule is Cc1nc(C(C)NCc2cccc(CO)c2)c(C)s1. The standard InChI is InChI=1S/C15H20N2OS/c1-10(15-11(2)19-12(3)17-15)16-8-13-5-4-6-14(7-13)9-18/h4-7,10,16,18H,8-9H2,1-3H3. The van der Waals surface area contributed by atoms with Crippen LogP contribution in [0.5, 0.6) is 0 Å². The van der Waals surface area contributed by atoms with E-state index in [4.69, 9.17) is 5.11 Å². The third kappa shape index (κ3) is 3.62. The fraction of sp³-hybridized carbons (Fsp3) is 0.400. The molecule has 0 amide bonds. The second-order valence-electron chi connectivity index (χ2n) is 4.75. The van der Waals surface area contributed by atoms with Gasteiger partial charge in [-0.05, 0) is 31.9 Å². The summed E-state index contributed by atoms with van der Waals surface area (Å²) in [6.45, 7) is 7.17. The lowest BCUT2D eigenvalue weighted by atomic mass is 10.1. The smallest absolute Gasteiger partial charge is 0.0900 e. The average Bonchev–Trinajstić information content (AvgIpc) is 2.75. The first kappa shape index (κ1) is 14.2. The van der Waals surface area contributed by atoms with Crippen LogP contribution in [0.2, 0.25) is 0 Å². The number of nitrogens with zero attached hydrogens (tertiary/aromatic N) is 1. The number of aliphatic hydroxyl groups excluding tert-OH is 1. The van der Waals surface area contributed by atoms with Gasteiger partial charge in [-0.1, -0.05) is 24.3 Å². The molecule has 0 fully saturated rings. The number of hydrogen-bond donors (Lipinski definition) is 2. The summed E-state index contributed by atoms with van der Waals surface area (Å²) in [4.78, 5) is 5.85. The molecule has 0 saturated carbocycles. The summed E-state index contributed by atoms with van der Waals surface area (Å²) in [5.74, 6) is 0. The van der Waals surface area contributed by atoms with Crippen molar-refractivity contribution in [1.29, 1.82) is 0 Å². The van der Waals surface area contributed by atoms with Gasteiger partial charge in [-0.25, -0.2) is 4.98 Å². The number of hydrogen-bond acceptors (Lipinski definition) is 4.